The maximum absolute atomic E-state index is 12.8. The molecule has 0 atom stereocenters. The highest BCUT2D eigenvalue weighted by atomic mass is 35.5. The number of hydrogen-bond acceptors (Lipinski definition) is 3. The third-order valence-electron chi connectivity index (χ3n) is 4.91. The normalized spacial score (nSPS) is 17.4. The SMILES string of the molecule is Cc1nc(N2CCCC(C)(C)CC2)cc(=O)n1-c1cccc(Cl)c1Cl. The van der Waals surface area contributed by atoms with E-state index in [1.807, 2.05) is 6.92 Å². The van der Waals surface area contributed by atoms with Crippen molar-refractivity contribution < 1.29 is 0 Å². The molecule has 134 valence electrons. The molecule has 4 nitrogen and oxygen atoms in total. The van der Waals surface area contributed by atoms with Crippen LogP contribution in [0.2, 0.25) is 10.0 Å². The van der Waals surface area contributed by atoms with Gasteiger partial charge in [-0.25, -0.2) is 4.98 Å². The zero-order valence-corrected chi connectivity index (χ0v) is 16.4. The second-order valence-electron chi connectivity index (χ2n) is 7.41. The summed E-state index contributed by atoms with van der Waals surface area (Å²) in [6.45, 7) is 8.27. The van der Waals surface area contributed by atoms with Crippen LogP contribution in [-0.2, 0) is 0 Å². The summed E-state index contributed by atoms with van der Waals surface area (Å²) in [6, 6.07) is 6.86. The first-order valence-corrected chi connectivity index (χ1v) is 9.34. The summed E-state index contributed by atoms with van der Waals surface area (Å²) in [4.78, 5) is 19.7. The number of hydrogen-bond donors (Lipinski definition) is 0. The van der Waals surface area contributed by atoms with E-state index >= 15 is 0 Å². The first-order chi connectivity index (χ1) is 11.8. The van der Waals surface area contributed by atoms with Crippen molar-refractivity contribution in [2.45, 2.75) is 40.0 Å². The molecule has 1 aliphatic heterocycles. The van der Waals surface area contributed by atoms with Crippen molar-refractivity contribution in [3.8, 4) is 5.69 Å². The molecule has 1 aromatic carbocycles. The zero-order valence-electron chi connectivity index (χ0n) is 14.9. The molecule has 6 heteroatoms. The minimum absolute atomic E-state index is 0.143. The minimum Gasteiger partial charge on any atom is -0.356 e. The molecule has 0 amide bonds. The molecule has 25 heavy (non-hydrogen) atoms. The van der Waals surface area contributed by atoms with Crippen molar-refractivity contribution in [3.63, 3.8) is 0 Å². The lowest BCUT2D eigenvalue weighted by molar-refractivity contribution is 0.325. The van der Waals surface area contributed by atoms with Crippen molar-refractivity contribution in [2.24, 2.45) is 5.41 Å². The number of halogens is 2. The highest BCUT2D eigenvalue weighted by Gasteiger charge is 2.24. The Labute approximate surface area is 158 Å². The lowest BCUT2D eigenvalue weighted by Crippen LogP contribution is -2.30. The number of nitrogens with zero attached hydrogens (tertiary/aromatic N) is 3. The lowest BCUT2D eigenvalue weighted by Gasteiger charge is -2.24. The summed E-state index contributed by atoms with van der Waals surface area (Å²) in [7, 11) is 0. The van der Waals surface area contributed by atoms with Gasteiger partial charge in [0.15, 0.2) is 0 Å². The fourth-order valence-electron chi connectivity index (χ4n) is 3.35. The molecule has 3 rings (SSSR count). The Bertz CT molecular complexity index is 845. The number of benzene rings is 1. The summed E-state index contributed by atoms with van der Waals surface area (Å²) in [5.41, 5.74) is 0.760. The molecule has 2 heterocycles. The van der Waals surface area contributed by atoms with E-state index in [1.54, 1.807) is 24.3 Å². The standard InChI is InChI=1S/C19H23Cl2N3O/c1-13-22-16(23-10-5-8-19(2,3)9-11-23)12-17(25)24(13)15-7-4-6-14(20)18(15)21/h4,6-7,12H,5,8-11H2,1-3H3. The second kappa shape index (κ2) is 7.00. The Morgan fingerprint density at radius 3 is 2.64 bits per heavy atom. The predicted molar refractivity (Wildman–Crippen MR) is 104 cm³/mol. The van der Waals surface area contributed by atoms with Crippen molar-refractivity contribution in [3.05, 3.63) is 50.5 Å². The van der Waals surface area contributed by atoms with Crippen LogP contribution in [0, 0.1) is 12.3 Å². The van der Waals surface area contributed by atoms with Crippen LogP contribution in [0.4, 0.5) is 5.82 Å². The molecule has 0 aliphatic carbocycles. The number of aryl methyl sites for hydroxylation is 1. The third kappa shape index (κ3) is 3.85. The fourth-order valence-corrected chi connectivity index (χ4v) is 3.73. The van der Waals surface area contributed by atoms with Gasteiger partial charge >= 0.3 is 0 Å². The van der Waals surface area contributed by atoms with Crippen LogP contribution < -0.4 is 10.5 Å². The van der Waals surface area contributed by atoms with E-state index in [1.165, 1.54) is 11.0 Å². The summed E-state index contributed by atoms with van der Waals surface area (Å²) in [5.74, 6) is 1.35. The van der Waals surface area contributed by atoms with Gasteiger partial charge in [-0.15, -0.1) is 0 Å². The van der Waals surface area contributed by atoms with Crippen LogP contribution in [0.3, 0.4) is 0 Å². The average molecular weight is 380 g/mol. The van der Waals surface area contributed by atoms with Crippen molar-refractivity contribution in [2.75, 3.05) is 18.0 Å². The molecule has 0 spiro atoms. The largest absolute Gasteiger partial charge is 0.356 e. The van der Waals surface area contributed by atoms with Crippen molar-refractivity contribution in [1.82, 2.24) is 9.55 Å². The first-order valence-electron chi connectivity index (χ1n) is 8.58. The highest BCUT2D eigenvalue weighted by Crippen LogP contribution is 2.31. The molecular formula is C19H23Cl2N3O. The van der Waals surface area contributed by atoms with Gasteiger partial charge in [0.05, 0.1) is 15.7 Å². The van der Waals surface area contributed by atoms with Gasteiger partial charge in [0.2, 0.25) is 0 Å². The monoisotopic (exact) mass is 379 g/mol. The Morgan fingerprint density at radius 2 is 1.92 bits per heavy atom. The summed E-state index contributed by atoms with van der Waals surface area (Å²) >= 11 is 12.4. The van der Waals surface area contributed by atoms with E-state index in [4.69, 9.17) is 23.2 Å². The van der Waals surface area contributed by atoms with E-state index in [9.17, 15) is 4.79 Å². The van der Waals surface area contributed by atoms with Crippen LogP contribution in [0.25, 0.3) is 5.69 Å². The van der Waals surface area contributed by atoms with Crippen LogP contribution in [0.15, 0.2) is 29.1 Å². The Hall–Kier alpha value is -1.52. The van der Waals surface area contributed by atoms with E-state index in [0.717, 1.165) is 31.7 Å². The van der Waals surface area contributed by atoms with Crippen LogP contribution in [0.1, 0.15) is 38.9 Å². The second-order valence-corrected chi connectivity index (χ2v) is 8.20. The van der Waals surface area contributed by atoms with Crippen LogP contribution in [-0.4, -0.2) is 22.6 Å². The predicted octanol–water partition coefficient (Wildman–Crippen LogP) is 4.86. The van der Waals surface area contributed by atoms with Gasteiger partial charge in [-0.1, -0.05) is 43.1 Å². The number of rotatable bonds is 2. The molecule has 0 radical (unpaired) electrons. The van der Waals surface area contributed by atoms with Crippen LogP contribution in [0.5, 0.6) is 0 Å². The van der Waals surface area contributed by atoms with Gasteiger partial charge < -0.3 is 4.90 Å². The average Bonchev–Trinajstić information content (AvgIpc) is 2.71. The van der Waals surface area contributed by atoms with Gasteiger partial charge in [-0.05, 0) is 43.7 Å². The molecule has 1 aromatic heterocycles. The molecule has 0 N–H and O–H groups in total. The molecule has 0 bridgehead atoms. The Morgan fingerprint density at radius 1 is 1.16 bits per heavy atom. The van der Waals surface area contributed by atoms with Gasteiger partial charge in [0.25, 0.3) is 5.56 Å². The summed E-state index contributed by atoms with van der Waals surface area (Å²) < 4.78 is 1.51. The Balaban J connectivity index is 1.99. The molecule has 1 fully saturated rings. The third-order valence-corrected chi connectivity index (χ3v) is 5.72. The van der Waals surface area contributed by atoms with Gasteiger partial charge in [-0.3, -0.25) is 9.36 Å². The van der Waals surface area contributed by atoms with E-state index < -0.39 is 0 Å². The minimum atomic E-state index is -0.143. The maximum Gasteiger partial charge on any atom is 0.260 e. The number of aromatic nitrogens is 2. The molecule has 0 unspecified atom stereocenters. The molecule has 0 saturated carbocycles. The van der Waals surface area contributed by atoms with E-state index in [0.29, 0.717) is 27.0 Å². The Kier molecular flexibility index (Phi) is 5.12. The van der Waals surface area contributed by atoms with Gasteiger partial charge in [0.1, 0.15) is 11.6 Å². The summed E-state index contributed by atoms with van der Waals surface area (Å²) in [6.07, 6.45) is 3.39. The highest BCUT2D eigenvalue weighted by molar-refractivity contribution is 6.43. The molecule has 1 saturated heterocycles. The summed E-state index contributed by atoms with van der Waals surface area (Å²) in [5, 5.41) is 0.782. The quantitative estimate of drug-likeness (QED) is 0.747. The van der Waals surface area contributed by atoms with E-state index in [-0.39, 0.29) is 5.56 Å². The molecule has 1 aliphatic rings. The van der Waals surface area contributed by atoms with Crippen LogP contribution >= 0.6 is 23.2 Å². The zero-order chi connectivity index (χ0) is 18.2. The molecule has 2 aromatic rings. The first kappa shape index (κ1) is 18.3. The molecular weight excluding hydrogens is 357 g/mol. The lowest BCUT2D eigenvalue weighted by atomic mass is 9.85. The number of anilines is 1. The van der Waals surface area contributed by atoms with Crippen molar-refractivity contribution in [1.29, 1.82) is 0 Å². The van der Waals surface area contributed by atoms with E-state index in [2.05, 4.69) is 23.7 Å². The van der Waals surface area contributed by atoms with Gasteiger partial charge in [0, 0.05) is 19.2 Å². The maximum atomic E-state index is 12.8. The fraction of sp³-hybridized carbons (Fsp3) is 0.474. The van der Waals surface area contributed by atoms with Gasteiger partial charge in [-0.2, -0.15) is 0 Å². The topological polar surface area (TPSA) is 38.1 Å². The smallest absolute Gasteiger partial charge is 0.260 e. The van der Waals surface area contributed by atoms with Crippen molar-refractivity contribution >= 4 is 29.0 Å².